The molecule has 10 nitrogen and oxygen atoms in total. The Hall–Kier alpha value is -4.86. The normalized spacial score (nSPS) is 12.4. The smallest absolute Gasteiger partial charge is 0.335 e. The van der Waals surface area contributed by atoms with Gasteiger partial charge in [-0.1, -0.05) is 6.07 Å². The molecule has 1 aliphatic heterocycles. The summed E-state index contributed by atoms with van der Waals surface area (Å²) in [5.74, 6) is -4.50. The van der Waals surface area contributed by atoms with Crippen LogP contribution in [-0.2, 0) is 0 Å². The Kier molecular flexibility index (Phi) is 4.95. The van der Waals surface area contributed by atoms with Gasteiger partial charge < -0.3 is 15.5 Å². The molecule has 3 amide bonds. The Balaban J connectivity index is 1.64. The number of benzene rings is 2. The highest BCUT2D eigenvalue weighted by molar-refractivity contribution is 6.34. The molecule has 3 N–H and O–H groups in total. The SMILES string of the molecule is O=C(O)c1cc(NC(=O)c2ccc3c(c2)C(=O)N(c2ccccn2)C3=O)cc(C(=O)O)c1. The fraction of sp³-hybridized carbons (Fsp3) is 0. The zero-order valence-corrected chi connectivity index (χ0v) is 16.1. The summed E-state index contributed by atoms with van der Waals surface area (Å²) < 4.78 is 0. The molecule has 10 heteroatoms. The number of carboxylic acids is 2. The predicted molar refractivity (Wildman–Crippen MR) is 110 cm³/mol. The van der Waals surface area contributed by atoms with E-state index in [9.17, 15) is 24.0 Å². The number of carbonyl (C=O) groups is 5. The number of rotatable bonds is 5. The van der Waals surface area contributed by atoms with Gasteiger partial charge in [-0.25, -0.2) is 19.5 Å². The second kappa shape index (κ2) is 7.76. The summed E-state index contributed by atoms with van der Waals surface area (Å²) in [5, 5.41) is 20.7. The number of carbonyl (C=O) groups excluding carboxylic acids is 3. The van der Waals surface area contributed by atoms with Crippen molar-refractivity contribution in [2.24, 2.45) is 0 Å². The summed E-state index contributed by atoms with van der Waals surface area (Å²) >= 11 is 0. The molecular formula is C22H13N3O7. The van der Waals surface area contributed by atoms with Crippen LogP contribution < -0.4 is 10.2 Å². The largest absolute Gasteiger partial charge is 0.478 e. The molecule has 1 aromatic heterocycles. The summed E-state index contributed by atoms with van der Waals surface area (Å²) in [7, 11) is 0. The number of hydrogen-bond donors (Lipinski definition) is 3. The van der Waals surface area contributed by atoms with Crippen molar-refractivity contribution >= 4 is 41.2 Å². The molecule has 0 spiro atoms. The van der Waals surface area contributed by atoms with E-state index in [4.69, 9.17) is 10.2 Å². The van der Waals surface area contributed by atoms with Gasteiger partial charge in [-0.15, -0.1) is 0 Å². The molecular weight excluding hydrogens is 418 g/mol. The lowest BCUT2D eigenvalue weighted by Gasteiger charge is -2.11. The van der Waals surface area contributed by atoms with Crippen molar-refractivity contribution in [2.75, 3.05) is 10.2 Å². The summed E-state index contributed by atoms with van der Waals surface area (Å²) in [4.78, 5) is 65.5. The van der Waals surface area contributed by atoms with Gasteiger partial charge in [-0.05, 0) is 48.5 Å². The fourth-order valence-corrected chi connectivity index (χ4v) is 3.23. The number of amides is 3. The van der Waals surface area contributed by atoms with Crippen LogP contribution in [0.5, 0.6) is 0 Å². The van der Waals surface area contributed by atoms with Crippen LogP contribution in [-0.4, -0.2) is 44.9 Å². The quantitative estimate of drug-likeness (QED) is 0.521. The molecule has 1 aliphatic rings. The first-order valence-corrected chi connectivity index (χ1v) is 9.13. The van der Waals surface area contributed by atoms with E-state index >= 15 is 0 Å². The van der Waals surface area contributed by atoms with Gasteiger partial charge in [0.25, 0.3) is 17.7 Å². The lowest BCUT2D eigenvalue weighted by Crippen LogP contribution is -2.30. The Morgan fingerprint density at radius 2 is 1.44 bits per heavy atom. The van der Waals surface area contributed by atoms with Gasteiger partial charge in [0.05, 0.1) is 22.3 Å². The number of imide groups is 1. The molecule has 0 radical (unpaired) electrons. The van der Waals surface area contributed by atoms with E-state index in [-0.39, 0.29) is 39.3 Å². The Bertz CT molecular complexity index is 1290. The molecule has 32 heavy (non-hydrogen) atoms. The first-order chi connectivity index (χ1) is 15.3. The van der Waals surface area contributed by atoms with E-state index in [1.54, 1.807) is 12.1 Å². The van der Waals surface area contributed by atoms with Crippen LogP contribution >= 0.6 is 0 Å². The number of aromatic nitrogens is 1. The van der Waals surface area contributed by atoms with Crippen LogP contribution in [0.25, 0.3) is 0 Å². The van der Waals surface area contributed by atoms with E-state index in [0.29, 0.717) is 0 Å². The predicted octanol–water partition coefficient (Wildman–Crippen LogP) is 2.53. The minimum atomic E-state index is -1.36. The molecule has 0 unspecified atom stereocenters. The number of nitrogens with one attached hydrogen (secondary N) is 1. The second-order valence-corrected chi connectivity index (χ2v) is 6.76. The summed E-state index contributed by atoms with van der Waals surface area (Å²) in [6.07, 6.45) is 1.44. The molecule has 0 fully saturated rings. The molecule has 2 aromatic carbocycles. The van der Waals surface area contributed by atoms with Gasteiger partial charge in [0, 0.05) is 17.4 Å². The van der Waals surface area contributed by atoms with E-state index < -0.39 is 29.7 Å². The number of anilines is 2. The van der Waals surface area contributed by atoms with Crippen LogP contribution in [0.2, 0.25) is 0 Å². The molecule has 2 heterocycles. The standard InChI is InChI=1S/C22H13N3O7/c26-18(24-14-8-12(21(29)30)7-13(9-14)22(31)32)11-4-5-15-16(10-11)20(28)25(19(15)27)17-3-1-2-6-23-17/h1-10H,(H,24,26)(H,29,30)(H,31,32). The van der Waals surface area contributed by atoms with E-state index in [2.05, 4.69) is 10.3 Å². The highest BCUT2D eigenvalue weighted by Crippen LogP contribution is 2.28. The van der Waals surface area contributed by atoms with Crippen LogP contribution in [0.4, 0.5) is 11.5 Å². The summed E-state index contributed by atoms with van der Waals surface area (Å²) in [5.41, 5.74) is -0.547. The number of aromatic carboxylic acids is 2. The minimum Gasteiger partial charge on any atom is -0.478 e. The van der Waals surface area contributed by atoms with Crippen molar-refractivity contribution in [3.63, 3.8) is 0 Å². The second-order valence-electron chi connectivity index (χ2n) is 6.76. The number of hydrogen-bond acceptors (Lipinski definition) is 6. The van der Waals surface area contributed by atoms with Crippen LogP contribution in [0, 0.1) is 0 Å². The van der Waals surface area contributed by atoms with Crippen molar-refractivity contribution in [1.82, 2.24) is 4.98 Å². The van der Waals surface area contributed by atoms with Gasteiger partial charge in [0.1, 0.15) is 5.82 Å². The molecule has 0 saturated heterocycles. The molecule has 0 bridgehead atoms. The van der Waals surface area contributed by atoms with E-state index in [0.717, 1.165) is 23.1 Å². The monoisotopic (exact) mass is 431 g/mol. The number of carboxylic acid groups (broad SMARTS) is 2. The maximum atomic E-state index is 12.8. The van der Waals surface area contributed by atoms with Gasteiger partial charge >= 0.3 is 11.9 Å². The highest BCUT2D eigenvalue weighted by Gasteiger charge is 2.37. The Morgan fingerprint density at radius 3 is 2.03 bits per heavy atom. The molecule has 0 atom stereocenters. The maximum Gasteiger partial charge on any atom is 0.335 e. The number of pyridine rings is 1. The van der Waals surface area contributed by atoms with Crippen molar-refractivity contribution in [2.45, 2.75) is 0 Å². The first-order valence-electron chi connectivity index (χ1n) is 9.13. The third-order valence-corrected chi connectivity index (χ3v) is 4.71. The van der Waals surface area contributed by atoms with Crippen LogP contribution in [0.15, 0.2) is 60.8 Å². The van der Waals surface area contributed by atoms with Crippen LogP contribution in [0.1, 0.15) is 51.8 Å². The van der Waals surface area contributed by atoms with Crippen LogP contribution in [0.3, 0.4) is 0 Å². The summed E-state index contributed by atoms with van der Waals surface area (Å²) in [6.45, 7) is 0. The first kappa shape index (κ1) is 20.4. The topological polar surface area (TPSA) is 154 Å². The molecule has 0 saturated carbocycles. The third-order valence-electron chi connectivity index (χ3n) is 4.71. The van der Waals surface area contributed by atoms with Crippen molar-refractivity contribution < 1.29 is 34.2 Å². The minimum absolute atomic E-state index is 0.0128. The molecule has 4 rings (SSSR count). The Labute approximate surface area is 179 Å². The van der Waals surface area contributed by atoms with E-state index in [1.165, 1.54) is 30.5 Å². The van der Waals surface area contributed by atoms with Gasteiger partial charge in [0.15, 0.2) is 0 Å². The van der Waals surface area contributed by atoms with E-state index in [1.807, 2.05) is 0 Å². The lowest BCUT2D eigenvalue weighted by molar-refractivity contribution is 0.0695. The van der Waals surface area contributed by atoms with Gasteiger partial charge in [0.2, 0.25) is 0 Å². The van der Waals surface area contributed by atoms with Crippen molar-refractivity contribution in [3.8, 4) is 0 Å². The highest BCUT2D eigenvalue weighted by atomic mass is 16.4. The molecule has 158 valence electrons. The lowest BCUT2D eigenvalue weighted by atomic mass is 10.0. The third kappa shape index (κ3) is 3.56. The average molecular weight is 431 g/mol. The average Bonchev–Trinajstić information content (AvgIpc) is 3.03. The molecule has 0 aliphatic carbocycles. The number of nitrogens with zero attached hydrogens (tertiary/aromatic N) is 2. The van der Waals surface area contributed by atoms with Gasteiger partial charge in [-0.3, -0.25) is 14.4 Å². The van der Waals surface area contributed by atoms with Crippen molar-refractivity contribution in [1.29, 1.82) is 0 Å². The van der Waals surface area contributed by atoms with Gasteiger partial charge in [-0.2, -0.15) is 0 Å². The number of fused-ring (bicyclic) bond motifs is 1. The zero-order chi connectivity index (χ0) is 23.0. The molecule has 3 aromatic rings. The fourth-order valence-electron chi connectivity index (χ4n) is 3.23. The maximum absolute atomic E-state index is 12.8. The zero-order valence-electron chi connectivity index (χ0n) is 16.1. The van der Waals surface area contributed by atoms with Crippen molar-refractivity contribution in [3.05, 3.63) is 88.6 Å². The summed E-state index contributed by atoms with van der Waals surface area (Å²) in [6, 6.07) is 11.9. The Morgan fingerprint density at radius 1 is 0.781 bits per heavy atom.